The van der Waals surface area contributed by atoms with Gasteiger partial charge in [0.1, 0.15) is 11.6 Å². The number of nitrogens with one attached hydrogen (secondary N) is 1. The van der Waals surface area contributed by atoms with E-state index in [-0.39, 0.29) is 23.9 Å². The van der Waals surface area contributed by atoms with E-state index in [0.29, 0.717) is 22.6 Å². The number of amides is 1. The van der Waals surface area contributed by atoms with E-state index in [1.165, 1.54) is 12.1 Å². The van der Waals surface area contributed by atoms with Crippen LogP contribution in [0.5, 0.6) is 0 Å². The molecule has 0 spiro atoms. The summed E-state index contributed by atoms with van der Waals surface area (Å²) >= 11 is 0. The smallest absolute Gasteiger partial charge is 0.251 e. The van der Waals surface area contributed by atoms with Crippen LogP contribution in [0.3, 0.4) is 0 Å². The van der Waals surface area contributed by atoms with Gasteiger partial charge in [-0.25, -0.2) is 9.37 Å². The summed E-state index contributed by atoms with van der Waals surface area (Å²) in [6, 6.07) is 13.8. The predicted molar refractivity (Wildman–Crippen MR) is 120 cm³/mol. The van der Waals surface area contributed by atoms with Crippen molar-refractivity contribution in [3.63, 3.8) is 0 Å². The summed E-state index contributed by atoms with van der Waals surface area (Å²) in [6.07, 6.45) is 8.08. The third-order valence-corrected chi connectivity index (χ3v) is 5.97. The van der Waals surface area contributed by atoms with Crippen molar-refractivity contribution in [2.45, 2.75) is 37.8 Å². The molecule has 1 saturated carbocycles. The molecular formula is C25H23FN4O2. The van der Waals surface area contributed by atoms with Crippen LogP contribution >= 0.6 is 0 Å². The first-order valence-electron chi connectivity index (χ1n) is 10.8. The molecule has 0 aliphatic heterocycles. The van der Waals surface area contributed by atoms with Crippen molar-refractivity contribution in [1.82, 2.24) is 19.7 Å². The summed E-state index contributed by atoms with van der Waals surface area (Å²) in [5.41, 5.74) is 3.60. The SMILES string of the molecule is O=C(NC1CCC(O)CC1)c1ccc(-c2ncc3cnc(-c4cccc(F)c4)cn23)cc1. The summed E-state index contributed by atoms with van der Waals surface area (Å²) in [7, 11) is 0. The highest BCUT2D eigenvalue weighted by molar-refractivity contribution is 5.94. The van der Waals surface area contributed by atoms with Gasteiger partial charge in [0, 0.05) is 28.9 Å². The maximum Gasteiger partial charge on any atom is 0.251 e. The Bertz CT molecular complexity index is 1260. The van der Waals surface area contributed by atoms with Crippen LogP contribution in [0.2, 0.25) is 0 Å². The molecule has 0 saturated heterocycles. The van der Waals surface area contributed by atoms with E-state index in [2.05, 4.69) is 15.3 Å². The Morgan fingerprint density at radius 2 is 1.75 bits per heavy atom. The van der Waals surface area contributed by atoms with Crippen molar-refractivity contribution in [2.24, 2.45) is 0 Å². The van der Waals surface area contributed by atoms with Gasteiger partial charge < -0.3 is 10.4 Å². The van der Waals surface area contributed by atoms with Crippen molar-refractivity contribution in [3.05, 3.63) is 78.5 Å². The van der Waals surface area contributed by atoms with Crippen molar-refractivity contribution < 1.29 is 14.3 Å². The molecule has 1 fully saturated rings. The average molecular weight is 430 g/mol. The van der Waals surface area contributed by atoms with Crippen LogP contribution in [-0.2, 0) is 0 Å². The molecule has 4 aromatic rings. The molecule has 32 heavy (non-hydrogen) atoms. The summed E-state index contributed by atoms with van der Waals surface area (Å²) in [5, 5.41) is 12.7. The zero-order chi connectivity index (χ0) is 22.1. The highest BCUT2D eigenvalue weighted by Gasteiger charge is 2.21. The lowest BCUT2D eigenvalue weighted by molar-refractivity contribution is 0.0867. The summed E-state index contributed by atoms with van der Waals surface area (Å²) in [6.45, 7) is 0. The van der Waals surface area contributed by atoms with Gasteiger partial charge in [0.05, 0.1) is 29.7 Å². The molecule has 0 bridgehead atoms. The largest absolute Gasteiger partial charge is 0.393 e. The number of rotatable bonds is 4. The first-order valence-corrected chi connectivity index (χ1v) is 10.8. The van der Waals surface area contributed by atoms with Crippen molar-refractivity contribution in [1.29, 1.82) is 0 Å². The average Bonchev–Trinajstić information content (AvgIpc) is 3.24. The molecule has 1 aliphatic rings. The molecular weight excluding hydrogens is 407 g/mol. The lowest BCUT2D eigenvalue weighted by atomic mass is 9.93. The summed E-state index contributed by atoms with van der Waals surface area (Å²) < 4.78 is 15.5. The third kappa shape index (κ3) is 4.11. The van der Waals surface area contributed by atoms with Crippen molar-refractivity contribution in [3.8, 4) is 22.6 Å². The topological polar surface area (TPSA) is 79.5 Å². The van der Waals surface area contributed by atoms with E-state index < -0.39 is 0 Å². The highest BCUT2D eigenvalue weighted by Crippen LogP contribution is 2.24. The number of halogens is 1. The zero-order valence-corrected chi connectivity index (χ0v) is 17.4. The molecule has 6 nitrogen and oxygen atoms in total. The molecule has 2 aromatic heterocycles. The maximum absolute atomic E-state index is 13.6. The first kappa shape index (κ1) is 20.3. The van der Waals surface area contributed by atoms with Crippen LogP contribution in [0, 0.1) is 5.82 Å². The van der Waals surface area contributed by atoms with E-state index in [1.807, 2.05) is 28.8 Å². The molecule has 2 aromatic carbocycles. The fourth-order valence-electron chi connectivity index (χ4n) is 4.17. The first-order chi connectivity index (χ1) is 15.6. The van der Waals surface area contributed by atoms with Crippen LogP contribution in [0.4, 0.5) is 4.39 Å². The summed E-state index contributed by atoms with van der Waals surface area (Å²) in [5.74, 6) is 0.297. The number of carbonyl (C=O) groups is 1. The number of aromatic nitrogens is 3. The number of benzene rings is 2. The van der Waals surface area contributed by atoms with E-state index in [1.54, 1.807) is 30.6 Å². The minimum Gasteiger partial charge on any atom is -0.393 e. The van der Waals surface area contributed by atoms with Crippen molar-refractivity contribution in [2.75, 3.05) is 0 Å². The lowest BCUT2D eigenvalue weighted by Gasteiger charge is -2.26. The second kappa shape index (κ2) is 8.51. The Balaban J connectivity index is 1.38. The predicted octanol–water partition coefficient (Wildman–Crippen LogP) is 4.24. The minimum absolute atomic E-state index is 0.107. The number of nitrogens with zero attached hydrogens (tertiary/aromatic N) is 3. The second-order valence-electron chi connectivity index (χ2n) is 8.22. The zero-order valence-electron chi connectivity index (χ0n) is 17.4. The molecule has 0 atom stereocenters. The van der Waals surface area contributed by atoms with Crippen LogP contribution in [0.15, 0.2) is 67.1 Å². The van der Waals surface area contributed by atoms with Crippen LogP contribution in [-0.4, -0.2) is 37.5 Å². The molecule has 2 N–H and O–H groups in total. The maximum atomic E-state index is 13.6. The van der Waals surface area contributed by atoms with Gasteiger partial charge in [-0.2, -0.15) is 0 Å². The number of fused-ring (bicyclic) bond motifs is 1. The normalized spacial score (nSPS) is 18.6. The number of aliphatic hydroxyl groups is 1. The van der Waals surface area contributed by atoms with E-state index in [9.17, 15) is 14.3 Å². The lowest BCUT2D eigenvalue weighted by Crippen LogP contribution is -2.38. The van der Waals surface area contributed by atoms with Gasteiger partial charge in [0.15, 0.2) is 0 Å². The molecule has 1 aliphatic carbocycles. The Hall–Kier alpha value is -3.58. The molecule has 162 valence electrons. The quantitative estimate of drug-likeness (QED) is 0.508. The molecule has 1 amide bonds. The summed E-state index contributed by atoms with van der Waals surface area (Å²) in [4.78, 5) is 21.5. The Morgan fingerprint density at radius 3 is 2.50 bits per heavy atom. The van der Waals surface area contributed by atoms with Crippen LogP contribution < -0.4 is 5.32 Å². The minimum atomic E-state index is -0.312. The van der Waals surface area contributed by atoms with E-state index in [0.717, 1.165) is 36.8 Å². The van der Waals surface area contributed by atoms with Gasteiger partial charge in [-0.3, -0.25) is 14.2 Å². The van der Waals surface area contributed by atoms with E-state index >= 15 is 0 Å². The molecule has 7 heteroatoms. The fraction of sp³-hybridized carbons (Fsp3) is 0.240. The molecule has 0 radical (unpaired) electrons. The van der Waals surface area contributed by atoms with Gasteiger partial charge in [0.25, 0.3) is 5.91 Å². The van der Waals surface area contributed by atoms with Gasteiger partial charge in [-0.05, 0) is 49.9 Å². The standard InChI is InChI=1S/C25H23FN4O2/c26-19-3-1-2-18(12-19)23-15-30-21(13-27-23)14-28-24(30)16-4-6-17(7-5-16)25(32)29-20-8-10-22(31)11-9-20/h1-7,12-15,20,22,31H,8-11H2,(H,29,32). The van der Waals surface area contributed by atoms with E-state index in [4.69, 9.17) is 0 Å². The van der Waals surface area contributed by atoms with Crippen LogP contribution in [0.25, 0.3) is 28.2 Å². The Morgan fingerprint density at radius 1 is 1.00 bits per heavy atom. The van der Waals surface area contributed by atoms with Crippen molar-refractivity contribution >= 4 is 11.4 Å². The monoisotopic (exact) mass is 430 g/mol. The second-order valence-corrected chi connectivity index (χ2v) is 8.22. The number of imidazole rings is 1. The highest BCUT2D eigenvalue weighted by atomic mass is 19.1. The third-order valence-electron chi connectivity index (χ3n) is 5.97. The Kier molecular flexibility index (Phi) is 5.41. The number of hydrogen-bond acceptors (Lipinski definition) is 4. The van der Waals surface area contributed by atoms with Gasteiger partial charge >= 0.3 is 0 Å². The van der Waals surface area contributed by atoms with Gasteiger partial charge in [-0.1, -0.05) is 24.3 Å². The number of hydrogen-bond donors (Lipinski definition) is 2. The number of aliphatic hydroxyl groups excluding tert-OH is 1. The Labute approximate surface area is 184 Å². The number of carbonyl (C=O) groups excluding carboxylic acids is 1. The van der Waals surface area contributed by atoms with Gasteiger partial charge in [-0.15, -0.1) is 0 Å². The van der Waals surface area contributed by atoms with Crippen LogP contribution in [0.1, 0.15) is 36.0 Å². The van der Waals surface area contributed by atoms with Gasteiger partial charge in [0.2, 0.25) is 0 Å². The molecule has 2 heterocycles. The molecule has 5 rings (SSSR count). The molecule has 0 unspecified atom stereocenters. The fourth-order valence-corrected chi connectivity index (χ4v) is 4.17.